The number of primary sulfonamides is 1. The van der Waals surface area contributed by atoms with E-state index in [1.54, 1.807) is 12.1 Å². The molecule has 0 aliphatic rings. The molecule has 0 bridgehead atoms. The van der Waals surface area contributed by atoms with Crippen molar-refractivity contribution < 1.29 is 18.0 Å². The predicted octanol–water partition coefficient (Wildman–Crippen LogP) is 1.48. The molecule has 0 aromatic heterocycles. The van der Waals surface area contributed by atoms with E-state index in [4.69, 9.17) is 5.14 Å². The Bertz CT molecular complexity index is 683. The van der Waals surface area contributed by atoms with Crippen molar-refractivity contribution in [3.8, 4) is 0 Å². The van der Waals surface area contributed by atoms with E-state index in [1.807, 2.05) is 20.1 Å². The molecule has 0 saturated carbocycles. The zero-order valence-corrected chi connectivity index (χ0v) is 15.8. The second-order valence-corrected chi connectivity index (χ2v) is 8.92. The van der Waals surface area contributed by atoms with Crippen LogP contribution in [-0.4, -0.2) is 37.7 Å². The first-order valence-corrected chi connectivity index (χ1v) is 10.3. The SMILES string of the molecule is CSC(C)(C)C(=O)CCC(=O)NCCc1ccc(S(N)(=O)=O)cc1. The molecule has 3 N–H and O–H groups in total. The van der Waals surface area contributed by atoms with Crippen LogP contribution in [0.15, 0.2) is 29.2 Å². The number of carbonyl (C=O) groups is 2. The first-order chi connectivity index (χ1) is 11.1. The summed E-state index contributed by atoms with van der Waals surface area (Å²) in [6.45, 7) is 4.12. The molecule has 0 saturated heterocycles. The summed E-state index contributed by atoms with van der Waals surface area (Å²) >= 11 is 1.47. The molecule has 24 heavy (non-hydrogen) atoms. The molecule has 1 aromatic rings. The van der Waals surface area contributed by atoms with Gasteiger partial charge in [-0.15, -0.1) is 0 Å². The number of nitrogens with two attached hydrogens (primary N) is 1. The number of amides is 1. The number of hydrogen-bond donors (Lipinski definition) is 2. The summed E-state index contributed by atoms with van der Waals surface area (Å²) in [5, 5.41) is 7.79. The maximum atomic E-state index is 11.9. The van der Waals surface area contributed by atoms with Crippen molar-refractivity contribution in [1.29, 1.82) is 0 Å². The van der Waals surface area contributed by atoms with Crippen LogP contribution in [0.3, 0.4) is 0 Å². The van der Waals surface area contributed by atoms with Crippen LogP contribution in [0.1, 0.15) is 32.3 Å². The van der Waals surface area contributed by atoms with Crippen LogP contribution in [0, 0.1) is 0 Å². The Morgan fingerprint density at radius 2 is 1.75 bits per heavy atom. The molecular weight excluding hydrogens is 348 g/mol. The van der Waals surface area contributed by atoms with Crippen molar-refractivity contribution in [3.63, 3.8) is 0 Å². The molecule has 0 aliphatic heterocycles. The summed E-state index contributed by atoms with van der Waals surface area (Å²) in [7, 11) is -3.69. The zero-order valence-electron chi connectivity index (χ0n) is 14.2. The minimum Gasteiger partial charge on any atom is -0.356 e. The number of ketones is 1. The number of thioether (sulfide) groups is 1. The lowest BCUT2D eigenvalue weighted by atomic mass is 10.0. The van der Waals surface area contributed by atoms with Crippen molar-refractivity contribution in [3.05, 3.63) is 29.8 Å². The molecule has 0 aliphatic carbocycles. The van der Waals surface area contributed by atoms with E-state index in [-0.39, 0.29) is 29.4 Å². The number of rotatable bonds is 9. The number of sulfonamides is 1. The summed E-state index contributed by atoms with van der Waals surface area (Å²) < 4.78 is 21.9. The average molecular weight is 373 g/mol. The molecule has 0 radical (unpaired) electrons. The van der Waals surface area contributed by atoms with Gasteiger partial charge in [0.25, 0.3) is 0 Å². The second-order valence-electron chi connectivity index (χ2n) is 5.93. The summed E-state index contributed by atoms with van der Waals surface area (Å²) in [5.41, 5.74) is 0.891. The molecule has 6 nitrogen and oxygen atoms in total. The minimum atomic E-state index is -3.69. The molecule has 0 fully saturated rings. The Labute approximate surface area is 147 Å². The van der Waals surface area contributed by atoms with E-state index in [2.05, 4.69) is 5.32 Å². The summed E-state index contributed by atoms with van der Waals surface area (Å²) in [4.78, 5) is 23.8. The fourth-order valence-corrected chi connectivity index (χ4v) is 2.77. The molecule has 0 atom stereocenters. The lowest BCUT2D eigenvalue weighted by Gasteiger charge is -2.19. The molecule has 0 heterocycles. The molecule has 1 aromatic carbocycles. The number of benzene rings is 1. The van der Waals surface area contributed by atoms with Crippen molar-refractivity contribution in [1.82, 2.24) is 5.32 Å². The summed E-state index contributed by atoms with van der Waals surface area (Å²) in [6, 6.07) is 6.21. The topological polar surface area (TPSA) is 106 Å². The third kappa shape index (κ3) is 6.62. The van der Waals surface area contributed by atoms with Gasteiger partial charge in [-0.25, -0.2) is 13.6 Å². The first kappa shape index (κ1) is 20.7. The van der Waals surface area contributed by atoms with E-state index < -0.39 is 14.8 Å². The molecule has 134 valence electrons. The van der Waals surface area contributed by atoms with Crippen molar-refractivity contribution in [2.24, 2.45) is 5.14 Å². The van der Waals surface area contributed by atoms with Crippen molar-refractivity contribution in [2.75, 3.05) is 12.8 Å². The number of nitrogens with one attached hydrogen (secondary N) is 1. The zero-order chi connectivity index (χ0) is 18.4. The van der Waals surface area contributed by atoms with E-state index in [1.165, 1.54) is 23.9 Å². The van der Waals surface area contributed by atoms with Gasteiger partial charge < -0.3 is 5.32 Å². The molecule has 0 spiro atoms. The normalized spacial score (nSPS) is 12.0. The van der Waals surface area contributed by atoms with E-state index >= 15 is 0 Å². The Morgan fingerprint density at radius 3 is 2.25 bits per heavy atom. The van der Waals surface area contributed by atoms with Gasteiger partial charge in [-0.2, -0.15) is 11.8 Å². The van der Waals surface area contributed by atoms with E-state index in [9.17, 15) is 18.0 Å². The standard InChI is InChI=1S/C16H24N2O4S2/c1-16(2,23-3)14(19)8-9-15(20)18-11-10-12-4-6-13(7-5-12)24(17,21)22/h4-7H,8-11H2,1-3H3,(H,18,20)(H2,17,21,22). The molecule has 8 heteroatoms. The highest BCUT2D eigenvalue weighted by Gasteiger charge is 2.25. The van der Waals surface area contributed by atoms with Crippen LogP contribution >= 0.6 is 11.8 Å². The predicted molar refractivity (Wildman–Crippen MR) is 96.4 cm³/mol. The fraction of sp³-hybridized carbons (Fsp3) is 0.500. The molecular formula is C16H24N2O4S2. The van der Waals surface area contributed by atoms with Crippen LogP contribution in [0.2, 0.25) is 0 Å². The Kier molecular flexibility index (Phi) is 7.44. The number of Topliss-reactive ketones (excluding diaryl/α,β-unsaturated/α-hetero) is 1. The number of hydrogen-bond acceptors (Lipinski definition) is 5. The summed E-state index contributed by atoms with van der Waals surface area (Å²) in [5.74, 6) is -0.106. The molecule has 1 amide bonds. The van der Waals surface area contributed by atoms with Crippen LogP contribution in [0.4, 0.5) is 0 Å². The third-order valence-electron chi connectivity index (χ3n) is 3.75. The van der Waals surface area contributed by atoms with Gasteiger partial charge in [-0.05, 0) is 44.2 Å². The highest BCUT2D eigenvalue weighted by molar-refractivity contribution is 8.00. The van der Waals surface area contributed by atoms with Crippen LogP contribution in [0.5, 0.6) is 0 Å². The van der Waals surface area contributed by atoms with E-state index in [0.29, 0.717) is 13.0 Å². The second kappa shape index (κ2) is 8.64. The van der Waals surface area contributed by atoms with Gasteiger partial charge in [0.2, 0.25) is 15.9 Å². The van der Waals surface area contributed by atoms with Crippen LogP contribution in [0.25, 0.3) is 0 Å². The smallest absolute Gasteiger partial charge is 0.238 e. The van der Waals surface area contributed by atoms with Gasteiger partial charge >= 0.3 is 0 Å². The molecule has 0 unspecified atom stereocenters. The van der Waals surface area contributed by atoms with Crippen LogP contribution in [-0.2, 0) is 26.0 Å². The van der Waals surface area contributed by atoms with Crippen molar-refractivity contribution in [2.45, 2.75) is 42.8 Å². The van der Waals surface area contributed by atoms with Gasteiger partial charge in [0.15, 0.2) is 0 Å². The lowest BCUT2D eigenvalue weighted by Crippen LogP contribution is -2.30. The fourth-order valence-electron chi connectivity index (χ4n) is 1.92. The first-order valence-electron chi connectivity index (χ1n) is 7.53. The largest absolute Gasteiger partial charge is 0.356 e. The highest BCUT2D eigenvalue weighted by atomic mass is 32.2. The van der Waals surface area contributed by atoms with Crippen molar-refractivity contribution >= 4 is 33.5 Å². The van der Waals surface area contributed by atoms with E-state index in [0.717, 1.165) is 5.56 Å². The Hall–Kier alpha value is -1.38. The summed E-state index contributed by atoms with van der Waals surface area (Å²) in [6.07, 6.45) is 2.84. The lowest BCUT2D eigenvalue weighted by molar-refractivity contribution is -0.126. The maximum absolute atomic E-state index is 11.9. The minimum absolute atomic E-state index is 0.0590. The Morgan fingerprint density at radius 1 is 1.17 bits per heavy atom. The monoisotopic (exact) mass is 372 g/mol. The quantitative estimate of drug-likeness (QED) is 0.683. The Balaban J connectivity index is 2.37. The van der Waals surface area contributed by atoms with Gasteiger partial charge in [0.1, 0.15) is 5.78 Å². The van der Waals surface area contributed by atoms with Gasteiger partial charge in [-0.1, -0.05) is 12.1 Å². The highest BCUT2D eigenvalue weighted by Crippen LogP contribution is 2.24. The maximum Gasteiger partial charge on any atom is 0.238 e. The van der Waals surface area contributed by atoms with Gasteiger partial charge in [0.05, 0.1) is 9.64 Å². The van der Waals surface area contributed by atoms with Gasteiger partial charge in [0, 0.05) is 19.4 Å². The number of carbonyl (C=O) groups excluding carboxylic acids is 2. The average Bonchev–Trinajstić information content (AvgIpc) is 2.52. The molecule has 1 rings (SSSR count). The third-order valence-corrected chi connectivity index (χ3v) is 5.93. The van der Waals surface area contributed by atoms with Gasteiger partial charge in [-0.3, -0.25) is 9.59 Å². The van der Waals surface area contributed by atoms with Crippen LogP contribution < -0.4 is 10.5 Å².